The monoisotopic (exact) mass is 431 g/mol. The van der Waals surface area contributed by atoms with Gasteiger partial charge < -0.3 is 15.4 Å². The predicted octanol–water partition coefficient (Wildman–Crippen LogP) is 0.489. The molecule has 0 unspecified atom stereocenters. The first-order valence-electron chi connectivity index (χ1n) is 9.15. The number of anilines is 1. The third kappa shape index (κ3) is 4.50. The Balaban J connectivity index is 1.75. The predicted molar refractivity (Wildman–Crippen MR) is 108 cm³/mol. The number of fused-ring (bicyclic) bond motifs is 1. The lowest BCUT2D eigenvalue weighted by Gasteiger charge is -2.27. The van der Waals surface area contributed by atoms with E-state index in [-0.39, 0.29) is 30.0 Å². The lowest BCUT2D eigenvalue weighted by Crippen LogP contribution is -2.58. The van der Waals surface area contributed by atoms with E-state index in [2.05, 4.69) is 10.6 Å². The summed E-state index contributed by atoms with van der Waals surface area (Å²) >= 11 is 0. The van der Waals surface area contributed by atoms with Crippen LogP contribution in [0.2, 0.25) is 0 Å². The van der Waals surface area contributed by atoms with Gasteiger partial charge in [-0.3, -0.25) is 9.59 Å². The Morgan fingerprint density at radius 3 is 2.07 bits per heavy atom. The average Bonchev–Trinajstić information content (AvgIpc) is 3.07. The van der Waals surface area contributed by atoms with Crippen molar-refractivity contribution in [2.75, 3.05) is 11.9 Å². The highest BCUT2D eigenvalue weighted by Gasteiger charge is 2.47. The number of ether oxygens (including phenoxy) is 1. The van der Waals surface area contributed by atoms with Crippen molar-refractivity contribution in [3.05, 3.63) is 59.7 Å². The summed E-state index contributed by atoms with van der Waals surface area (Å²) in [5, 5.41) is 9.93. The van der Waals surface area contributed by atoms with E-state index in [4.69, 9.17) is 9.88 Å². The number of benzene rings is 2. The highest BCUT2D eigenvalue weighted by atomic mass is 32.2. The summed E-state index contributed by atoms with van der Waals surface area (Å²) in [5.41, 5.74) is 0.614. The fourth-order valence-corrected chi connectivity index (χ4v) is 3.87. The van der Waals surface area contributed by atoms with Crippen molar-refractivity contribution in [3.63, 3.8) is 0 Å². The number of carbonyl (C=O) groups excluding carboxylic acids is 3. The van der Waals surface area contributed by atoms with Crippen molar-refractivity contribution in [1.29, 1.82) is 0 Å². The zero-order valence-corrected chi connectivity index (χ0v) is 17.0. The van der Waals surface area contributed by atoms with Gasteiger partial charge in [-0.2, -0.15) is 0 Å². The van der Waals surface area contributed by atoms with Crippen LogP contribution >= 0.6 is 0 Å². The maximum atomic E-state index is 12.6. The van der Waals surface area contributed by atoms with E-state index in [1.807, 2.05) is 24.3 Å². The molecular weight excluding hydrogens is 410 g/mol. The topological polar surface area (TPSA) is 145 Å². The number of sulfonamides is 1. The molecule has 0 saturated carbocycles. The highest BCUT2D eigenvalue weighted by Crippen LogP contribution is 2.31. The molecule has 4 N–H and O–H groups in total. The van der Waals surface area contributed by atoms with Gasteiger partial charge in [0, 0.05) is 18.5 Å². The van der Waals surface area contributed by atoms with Gasteiger partial charge in [-0.05, 0) is 42.3 Å². The number of amides is 2. The van der Waals surface area contributed by atoms with Crippen LogP contribution in [0, 0.1) is 0 Å². The Kier molecular flexibility index (Phi) is 5.90. The molecule has 0 atom stereocenters. The van der Waals surface area contributed by atoms with Gasteiger partial charge in [0.15, 0.2) is 0 Å². The quantitative estimate of drug-likeness (QED) is 0.464. The van der Waals surface area contributed by atoms with Crippen LogP contribution in [0.4, 0.5) is 5.69 Å². The first kappa shape index (κ1) is 21.5. The zero-order chi connectivity index (χ0) is 21.9. The number of hydrogen-bond acceptors (Lipinski definition) is 6. The molecule has 10 heteroatoms. The van der Waals surface area contributed by atoms with E-state index >= 15 is 0 Å². The lowest BCUT2D eigenvalue weighted by molar-refractivity contribution is -0.153. The van der Waals surface area contributed by atoms with Gasteiger partial charge >= 0.3 is 17.8 Å². The molecule has 3 rings (SSSR count). The van der Waals surface area contributed by atoms with Crippen molar-refractivity contribution >= 4 is 33.5 Å². The fraction of sp³-hybridized carbons (Fsp3) is 0.250. The zero-order valence-electron chi connectivity index (χ0n) is 16.2. The van der Waals surface area contributed by atoms with Crippen LogP contribution in [-0.2, 0) is 42.0 Å². The Hall–Kier alpha value is -3.24. The van der Waals surface area contributed by atoms with Gasteiger partial charge in [0.2, 0.25) is 10.0 Å². The smallest absolute Gasteiger partial charge is 0.332 e. The molecule has 0 bridgehead atoms. The van der Waals surface area contributed by atoms with Crippen LogP contribution in [0.1, 0.15) is 18.1 Å². The van der Waals surface area contributed by atoms with Crippen LogP contribution in [0.25, 0.3) is 0 Å². The molecule has 0 saturated heterocycles. The van der Waals surface area contributed by atoms with E-state index < -0.39 is 33.3 Å². The van der Waals surface area contributed by atoms with Crippen molar-refractivity contribution < 1.29 is 27.5 Å². The number of primary sulfonamides is 1. The Labute approximate surface area is 173 Å². The minimum atomic E-state index is -3.87. The largest absolute Gasteiger partial charge is 0.464 e. The molecule has 0 aromatic heterocycles. The summed E-state index contributed by atoms with van der Waals surface area (Å²) in [6.07, 6.45) is 0.425. The van der Waals surface area contributed by atoms with E-state index in [1.54, 1.807) is 6.92 Å². The summed E-state index contributed by atoms with van der Waals surface area (Å²) in [6, 6.07) is 12.4. The second kappa shape index (κ2) is 8.25. The lowest BCUT2D eigenvalue weighted by atomic mass is 9.95. The molecule has 2 amide bonds. The highest BCUT2D eigenvalue weighted by molar-refractivity contribution is 7.89. The Bertz CT molecular complexity index is 1070. The number of hydrogen-bond donors (Lipinski definition) is 3. The van der Waals surface area contributed by atoms with Gasteiger partial charge in [-0.15, -0.1) is 0 Å². The molecule has 158 valence electrons. The van der Waals surface area contributed by atoms with Crippen molar-refractivity contribution in [2.45, 2.75) is 30.2 Å². The minimum Gasteiger partial charge on any atom is -0.464 e. The normalized spacial score (nSPS) is 14.5. The second-order valence-corrected chi connectivity index (χ2v) is 8.46. The summed E-state index contributed by atoms with van der Waals surface area (Å²) in [5.74, 6) is -2.62. The summed E-state index contributed by atoms with van der Waals surface area (Å²) < 4.78 is 27.7. The second-order valence-electron chi connectivity index (χ2n) is 6.90. The SMILES string of the molecule is CCOC(=O)C1(NC(=O)C(=O)Nc2ccc(S(N)(=O)=O)cc2)Cc2ccccc2C1. The van der Waals surface area contributed by atoms with E-state index in [9.17, 15) is 22.8 Å². The van der Waals surface area contributed by atoms with Crippen molar-refractivity contribution in [2.24, 2.45) is 5.14 Å². The maximum Gasteiger partial charge on any atom is 0.332 e. The van der Waals surface area contributed by atoms with E-state index in [0.717, 1.165) is 11.1 Å². The standard InChI is InChI=1S/C20H21N3O6S/c1-2-29-19(26)20(11-13-5-3-4-6-14(13)12-20)23-18(25)17(24)22-15-7-9-16(10-8-15)30(21,27)28/h3-10H,2,11-12H2,1H3,(H,22,24)(H,23,25)(H2,21,27,28). The molecule has 0 fully saturated rings. The minimum absolute atomic E-state index is 0.130. The molecular formula is C20H21N3O6S. The van der Waals surface area contributed by atoms with Gasteiger partial charge in [-0.1, -0.05) is 24.3 Å². The van der Waals surface area contributed by atoms with Gasteiger partial charge in [0.25, 0.3) is 0 Å². The van der Waals surface area contributed by atoms with Crippen molar-refractivity contribution in [3.8, 4) is 0 Å². The third-order valence-corrected chi connectivity index (χ3v) is 5.70. The van der Waals surface area contributed by atoms with Gasteiger partial charge in [0.1, 0.15) is 5.54 Å². The number of esters is 1. The summed E-state index contributed by atoms with van der Waals surface area (Å²) in [4.78, 5) is 37.4. The molecule has 2 aromatic carbocycles. The van der Waals surface area contributed by atoms with Crippen LogP contribution in [0.3, 0.4) is 0 Å². The van der Waals surface area contributed by atoms with Crippen LogP contribution < -0.4 is 15.8 Å². The molecule has 1 aliphatic rings. The average molecular weight is 431 g/mol. The first-order chi connectivity index (χ1) is 14.1. The fourth-order valence-electron chi connectivity index (χ4n) is 3.36. The molecule has 9 nitrogen and oxygen atoms in total. The summed E-state index contributed by atoms with van der Waals surface area (Å²) in [7, 11) is -3.87. The maximum absolute atomic E-state index is 12.6. The third-order valence-electron chi connectivity index (χ3n) is 4.77. The molecule has 0 heterocycles. The van der Waals surface area contributed by atoms with Gasteiger partial charge in [-0.25, -0.2) is 18.4 Å². The van der Waals surface area contributed by atoms with Crippen LogP contribution in [0.15, 0.2) is 53.4 Å². The molecule has 1 aliphatic carbocycles. The summed E-state index contributed by atoms with van der Waals surface area (Å²) in [6.45, 7) is 1.79. The number of nitrogens with one attached hydrogen (secondary N) is 2. The number of nitrogens with two attached hydrogens (primary N) is 1. The first-order valence-corrected chi connectivity index (χ1v) is 10.7. The molecule has 2 aromatic rings. The van der Waals surface area contributed by atoms with E-state index in [1.165, 1.54) is 24.3 Å². The molecule has 0 spiro atoms. The Morgan fingerprint density at radius 2 is 1.57 bits per heavy atom. The Morgan fingerprint density at radius 1 is 1.00 bits per heavy atom. The van der Waals surface area contributed by atoms with Crippen LogP contribution in [-0.4, -0.2) is 38.3 Å². The number of carbonyl (C=O) groups is 3. The molecule has 30 heavy (non-hydrogen) atoms. The molecule has 0 radical (unpaired) electrons. The number of rotatable bonds is 5. The molecule has 0 aliphatic heterocycles. The van der Waals surface area contributed by atoms with Gasteiger partial charge in [0.05, 0.1) is 11.5 Å². The van der Waals surface area contributed by atoms with Crippen LogP contribution in [0.5, 0.6) is 0 Å². The van der Waals surface area contributed by atoms with Crippen molar-refractivity contribution in [1.82, 2.24) is 5.32 Å². The van der Waals surface area contributed by atoms with E-state index in [0.29, 0.717) is 0 Å².